The van der Waals surface area contributed by atoms with Crippen molar-refractivity contribution in [1.29, 1.82) is 0 Å². The van der Waals surface area contributed by atoms with E-state index in [1.807, 2.05) is 23.1 Å². The topological polar surface area (TPSA) is 77.7 Å². The van der Waals surface area contributed by atoms with Crippen LogP contribution in [0.15, 0.2) is 35.0 Å². The fourth-order valence-electron chi connectivity index (χ4n) is 4.14. The molecule has 1 amide bonds. The first-order chi connectivity index (χ1) is 13.2. The van der Waals surface area contributed by atoms with Gasteiger partial charge in [-0.25, -0.2) is 4.98 Å². The standard InChI is InChI=1S/C20H23N3O4/c24-19(16-11-17(27-22-16)14-4-5-14)23-12-20(13-23)15(7-10-26-20)6-9-25-18-3-1-2-8-21-18/h1-3,8,11,14-15H,4-7,9-10,12-13H2/t15-/m1/s1. The fraction of sp³-hybridized carbons (Fsp3) is 0.550. The number of carbonyl (C=O) groups excluding carboxylic acids is 1. The number of nitrogens with zero attached hydrogens (tertiary/aromatic N) is 3. The summed E-state index contributed by atoms with van der Waals surface area (Å²) in [6.07, 6.45) is 5.89. The molecule has 3 aliphatic rings. The smallest absolute Gasteiger partial charge is 0.276 e. The van der Waals surface area contributed by atoms with E-state index in [2.05, 4.69) is 10.1 Å². The lowest BCUT2D eigenvalue weighted by atomic mass is 9.79. The largest absolute Gasteiger partial charge is 0.478 e. The van der Waals surface area contributed by atoms with Crippen molar-refractivity contribution in [3.05, 3.63) is 41.9 Å². The molecule has 0 unspecified atom stereocenters. The van der Waals surface area contributed by atoms with Crippen LogP contribution in [0.2, 0.25) is 0 Å². The first-order valence-electron chi connectivity index (χ1n) is 9.67. The molecule has 2 aromatic heterocycles. The van der Waals surface area contributed by atoms with Crippen molar-refractivity contribution in [1.82, 2.24) is 15.0 Å². The van der Waals surface area contributed by atoms with Gasteiger partial charge in [0.15, 0.2) is 5.69 Å². The highest BCUT2D eigenvalue weighted by Gasteiger charge is 2.54. The average Bonchev–Trinajstić information content (AvgIpc) is 3.24. The van der Waals surface area contributed by atoms with Gasteiger partial charge in [-0.15, -0.1) is 0 Å². The molecule has 5 rings (SSSR count). The fourth-order valence-corrected chi connectivity index (χ4v) is 4.14. The predicted octanol–water partition coefficient (Wildman–Crippen LogP) is 2.65. The molecule has 7 heteroatoms. The molecule has 0 radical (unpaired) electrons. The molecule has 1 saturated carbocycles. The van der Waals surface area contributed by atoms with E-state index < -0.39 is 0 Å². The number of amides is 1. The van der Waals surface area contributed by atoms with Crippen LogP contribution < -0.4 is 4.74 Å². The lowest BCUT2D eigenvalue weighted by Crippen LogP contribution is -2.66. The van der Waals surface area contributed by atoms with Gasteiger partial charge in [-0.3, -0.25) is 4.79 Å². The van der Waals surface area contributed by atoms with Gasteiger partial charge in [0.05, 0.1) is 19.7 Å². The van der Waals surface area contributed by atoms with Gasteiger partial charge in [-0.2, -0.15) is 0 Å². The zero-order valence-electron chi connectivity index (χ0n) is 15.2. The summed E-state index contributed by atoms with van der Waals surface area (Å²) in [6, 6.07) is 7.45. The summed E-state index contributed by atoms with van der Waals surface area (Å²) < 4.78 is 17.1. The number of hydrogen-bond acceptors (Lipinski definition) is 6. The van der Waals surface area contributed by atoms with Gasteiger partial charge >= 0.3 is 0 Å². The van der Waals surface area contributed by atoms with Crippen LogP contribution in [0.4, 0.5) is 0 Å². The molecule has 0 bridgehead atoms. The molecule has 0 aromatic carbocycles. The number of likely N-dealkylation sites (tertiary alicyclic amines) is 1. The van der Waals surface area contributed by atoms with Crippen LogP contribution in [-0.2, 0) is 4.74 Å². The molecule has 2 aliphatic heterocycles. The number of carbonyl (C=O) groups is 1. The minimum absolute atomic E-state index is 0.0599. The number of rotatable bonds is 6. The normalized spacial score (nSPS) is 23.4. The molecule has 27 heavy (non-hydrogen) atoms. The van der Waals surface area contributed by atoms with Crippen LogP contribution in [0.25, 0.3) is 0 Å². The van der Waals surface area contributed by atoms with Crippen LogP contribution in [0.5, 0.6) is 5.88 Å². The Hall–Kier alpha value is -2.41. The Morgan fingerprint density at radius 3 is 2.96 bits per heavy atom. The summed E-state index contributed by atoms with van der Waals surface area (Å²) in [5.41, 5.74) is 0.186. The molecule has 1 aliphatic carbocycles. The molecule has 142 valence electrons. The highest BCUT2D eigenvalue weighted by atomic mass is 16.5. The maximum Gasteiger partial charge on any atom is 0.276 e. The van der Waals surface area contributed by atoms with Crippen molar-refractivity contribution in [2.45, 2.75) is 37.2 Å². The summed E-state index contributed by atoms with van der Waals surface area (Å²) in [4.78, 5) is 18.6. The van der Waals surface area contributed by atoms with Gasteiger partial charge in [-0.05, 0) is 37.7 Å². The first kappa shape index (κ1) is 16.7. The van der Waals surface area contributed by atoms with E-state index in [-0.39, 0.29) is 11.5 Å². The lowest BCUT2D eigenvalue weighted by Gasteiger charge is -2.50. The van der Waals surface area contributed by atoms with Gasteiger partial charge in [-0.1, -0.05) is 11.2 Å². The molecule has 1 atom stereocenters. The summed E-state index contributed by atoms with van der Waals surface area (Å²) in [5, 5.41) is 3.96. The Morgan fingerprint density at radius 1 is 1.30 bits per heavy atom. The second-order valence-electron chi connectivity index (χ2n) is 7.75. The van der Waals surface area contributed by atoms with Crippen molar-refractivity contribution in [2.75, 3.05) is 26.3 Å². The van der Waals surface area contributed by atoms with Crippen LogP contribution in [0.1, 0.15) is 47.8 Å². The number of hydrogen-bond donors (Lipinski definition) is 0. The molecular weight excluding hydrogens is 346 g/mol. The summed E-state index contributed by atoms with van der Waals surface area (Å²) in [7, 11) is 0. The first-order valence-corrected chi connectivity index (χ1v) is 9.67. The zero-order valence-corrected chi connectivity index (χ0v) is 15.2. The van der Waals surface area contributed by atoms with Crippen molar-refractivity contribution in [3.63, 3.8) is 0 Å². The second-order valence-corrected chi connectivity index (χ2v) is 7.75. The van der Waals surface area contributed by atoms with Crippen molar-refractivity contribution in [3.8, 4) is 5.88 Å². The van der Waals surface area contributed by atoms with Gasteiger partial charge in [0.2, 0.25) is 5.88 Å². The Kier molecular flexibility index (Phi) is 4.11. The van der Waals surface area contributed by atoms with E-state index in [0.717, 1.165) is 38.1 Å². The SMILES string of the molecule is O=C(c1cc(C2CC2)on1)N1CC2(C1)OCC[C@H]2CCOc1ccccn1. The van der Waals surface area contributed by atoms with E-state index in [9.17, 15) is 4.79 Å². The van der Waals surface area contributed by atoms with Crippen LogP contribution in [0, 0.1) is 5.92 Å². The quantitative estimate of drug-likeness (QED) is 0.779. The minimum Gasteiger partial charge on any atom is -0.478 e. The van der Waals surface area contributed by atoms with Crippen molar-refractivity contribution >= 4 is 5.91 Å². The number of aromatic nitrogens is 2. The highest BCUT2D eigenvalue weighted by Crippen LogP contribution is 2.43. The van der Waals surface area contributed by atoms with Crippen LogP contribution >= 0.6 is 0 Å². The highest BCUT2D eigenvalue weighted by molar-refractivity contribution is 5.93. The number of pyridine rings is 1. The van der Waals surface area contributed by atoms with E-state index >= 15 is 0 Å². The molecule has 4 heterocycles. The van der Waals surface area contributed by atoms with Crippen molar-refractivity contribution < 1.29 is 18.8 Å². The average molecular weight is 369 g/mol. The van der Waals surface area contributed by atoms with Crippen LogP contribution in [-0.4, -0.2) is 52.9 Å². The Balaban J connectivity index is 1.15. The van der Waals surface area contributed by atoms with Gasteiger partial charge in [0, 0.05) is 30.9 Å². The van der Waals surface area contributed by atoms with Gasteiger partial charge in [0.1, 0.15) is 11.4 Å². The third-order valence-electron chi connectivity index (χ3n) is 5.89. The van der Waals surface area contributed by atoms with E-state index in [0.29, 0.717) is 43.1 Å². The molecule has 0 N–H and O–H groups in total. The predicted molar refractivity (Wildman–Crippen MR) is 95.5 cm³/mol. The molecule has 2 saturated heterocycles. The van der Waals surface area contributed by atoms with Gasteiger partial charge in [0.25, 0.3) is 5.91 Å². The summed E-state index contributed by atoms with van der Waals surface area (Å²) in [6.45, 7) is 2.58. The Morgan fingerprint density at radius 2 is 2.19 bits per heavy atom. The molecule has 7 nitrogen and oxygen atoms in total. The maximum absolute atomic E-state index is 12.6. The maximum atomic E-state index is 12.6. The Labute approximate surface area is 157 Å². The summed E-state index contributed by atoms with van der Waals surface area (Å²) >= 11 is 0. The zero-order chi connectivity index (χ0) is 18.3. The van der Waals surface area contributed by atoms with Crippen LogP contribution in [0.3, 0.4) is 0 Å². The molecule has 3 fully saturated rings. The monoisotopic (exact) mass is 369 g/mol. The van der Waals surface area contributed by atoms with Gasteiger partial charge < -0.3 is 18.9 Å². The summed E-state index contributed by atoms with van der Waals surface area (Å²) in [5.74, 6) is 2.28. The third-order valence-corrected chi connectivity index (χ3v) is 5.89. The van der Waals surface area contributed by atoms with E-state index in [1.54, 1.807) is 12.3 Å². The Bertz CT molecular complexity index is 812. The second kappa shape index (κ2) is 6.64. The minimum atomic E-state index is -0.230. The van der Waals surface area contributed by atoms with Crippen molar-refractivity contribution in [2.24, 2.45) is 5.92 Å². The van der Waals surface area contributed by atoms with E-state index in [1.165, 1.54) is 0 Å². The molecular formula is C20H23N3O4. The molecule has 2 aromatic rings. The van der Waals surface area contributed by atoms with E-state index in [4.69, 9.17) is 14.0 Å². The lowest BCUT2D eigenvalue weighted by molar-refractivity contribution is -0.119. The third kappa shape index (κ3) is 3.20. The number of ether oxygens (including phenoxy) is 2. The molecule has 1 spiro atoms.